The van der Waals surface area contributed by atoms with Crippen LogP contribution in [-0.4, -0.2) is 47.7 Å². The fourth-order valence-corrected chi connectivity index (χ4v) is 1.18. The first kappa shape index (κ1) is 20.1. The maximum absolute atomic E-state index is 10.6. The summed E-state index contributed by atoms with van der Waals surface area (Å²) in [4.78, 5) is 19.2. The van der Waals surface area contributed by atoms with Crippen LogP contribution in [0.2, 0.25) is 0 Å². The van der Waals surface area contributed by atoms with E-state index in [9.17, 15) is 23.1 Å². The van der Waals surface area contributed by atoms with Gasteiger partial charge in [0.15, 0.2) is 11.5 Å². The molecule has 1 aromatic carbocycles. The van der Waals surface area contributed by atoms with Crippen molar-refractivity contribution >= 4 is 18.0 Å². The molecule has 3 N–H and O–H groups in total. The number of hydrogen-bond acceptors (Lipinski definition) is 5. The summed E-state index contributed by atoms with van der Waals surface area (Å²) < 4.78 is 41.6. The van der Waals surface area contributed by atoms with Gasteiger partial charge in [-0.1, -0.05) is 0 Å². The quantitative estimate of drug-likeness (QED) is 0.721. The molecule has 0 aliphatic carbocycles. The van der Waals surface area contributed by atoms with Crippen molar-refractivity contribution in [3.63, 3.8) is 0 Å². The Morgan fingerprint density at radius 2 is 1.48 bits per heavy atom. The van der Waals surface area contributed by atoms with E-state index in [0.717, 1.165) is 6.08 Å². The Morgan fingerprint density at radius 3 is 1.74 bits per heavy atom. The number of ether oxygens (including phenoxy) is 2. The molecule has 10 heteroatoms. The zero-order valence-electron chi connectivity index (χ0n) is 11.9. The molecule has 0 bridgehead atoms. The molecule has 0 aliphatic heterocycles. The van der Waals surface area contributed by atoms with Crippen molar-refractivity contribution in [3.05, 3.63) is 23.8 Å². The third-order valence-electron chi connectivity index (χ3n) is 2.16. The molecule has 0 fully saturated rings. The van der Waals surface area contributed by atoms with Crippen molar-refractivity contribution in [2.75, 3.05) is 14.2 Å². The first-order valence-corrected chi connectivity index (χ1v) is 5.69. The van der Waals surface area contributed by atoms with Gasteiger partial charge in [-0.3, -0.25) is 0 Å². The van der Waals surface area contributed by atoms with Crippen LogP contribution >= 0.6 is 0 Å². The van der Waals surface area contributed by atoms with E-state index in [0.29, 0.717) is 5.56 Å². The number of halogens is 3. The van der Waals surface area contributed by atoms with Crippen LogP contribution in [0.15, 0.2) is 18.2 Å². The van der Waals surface area contributed by atoms with Crippen LogP contribution in [-0.2, 0) is 9.59 Å². The fourth-order valence-electron chi connectivity index (χ4n) is 1.18. The lowest BCUT2D eigenvalue weighted by molar-refractivity contribution is -0.192. The predicted molar refractivity (Wildman–Crippen MR) is 71.6 cm³/mol. The molecule has 23 heavy (non-hydrogen) atoms. The summed E-state index contributed by atoms with van der Waals surface area (Å²) in [5.41, 5.74) is 0.564. The van der Waals surface area contributed by atoms with Gasteiger partial charge in [0.25, 0.3) is 0 Å². The van der Waals surface area contributed by atoms with Gasteiger partial charge in [0.2, 0.25) is 5.75 Å². The molecule has 0 radical (unpaired) electrons. The highest BCUT2D eigenvalue weighted by Gasteiger charge is 2.38. The Kier molecular flexibility index (Phi) is 7.44. The summed E-state index contributed by atoms with van der Waals surface area (Å²) in [6, 6.07) is 3.02. The van der Waals surface area contributed by atoms with Crippen molar-refractivity contribution in [3.8, 4) is 17.2 Å². The fraction of sp³-hybridized carbons (Fsp3) is 0.231. The lowest BCUT2D eigenvalue weighted by atomic mass is 10.1. The van der Waals surface area contributed by atoms with E-state index in [-0.39, 0.29) is 17.2 Å². The Balaban J connectivity index is 0.000000585. The number of aliphatic carboxylic acids is 2. The summed E-state index contributed by atoms with van der Waals surface area (Å²) >= 11 is 0. The maximum atomic E-state index is 10.6. The zero-order valence-corrected chi connectivity index (χ0v) is 11.9. The first-order valence-electron chi connectivity index (χ1n) is 5.69. The standard InChI is InChI=1S/C11H12O5.C2HF3O2/c1-15-8-5-7(3-4-10(12)13)6-9(16-2)11(8)14;3-2(4,5)1(6)7/h3-6,14H,1-2H3,(H,12,13);(H,6,7)/b4-3+;. The van der Waals surface area contributed by atoms with Gasteiger partial charge < -0.3 is 24.8 Å². The van der Waals surface area contributed by atoms with E-state index in [1.54, 1.807) is 0 Å². The topological polar surface area (TPSA) is 113 Å². The normalized spacial score (nSPS) is 10.7. The smallest absolute Gasteiger partial charge is 0.490 e. The average molecular weight is 338 g/mol. The molecule has 0 aliphatic rings. The summed E-state index contributed by atoms with van der Waals surface area (Å²) in [5.74, 6) is -3.47. The molecule has 0 spiro atoms. The summed E-state index contributed by atoms with van der Waals surface area (Å²) in [6.07, 6.45) is -2.71. The molecular formula is C13H13F3O7. The van der Waals surface area contributed by atoms with Gasteiger partial charge in [0, 0.05) is 6.08 Å². The summed E-state index contributed by atoms with van der Waals surface area (Å²) in [5, 5.41) is 25.2. The highest BCUT2D eigenvalue weighted by molar-refractivity contribution is 5.85. The van der Waals surface area contributed by atoms with Crippen molar-refractivity contribution in [1.82, 2.24) is 0 Å². The molecule has 0 amide bonds. The molecule has 0 heterocycles. The first-order chi connectivity index (χ1) is 10.5. The second kappa shape index (κ2) is 8.51. The largest absolute Gasteiger partial charge is 0.502 e. The average Bonchev–Trinajstić information content (AvgIpc) is 2.45. The van der Waals surface area contributed by atoms with Crippen LogP contribution in [0.4, 0.5) is 13.2 Å². The Bertz CT molecular complexity index is 569. The van der Waals surface area contributed by atoms with Crippen molar-refractivity contribution in [2.24, 2.45) is 0 Å². The number of carbonyl (C=O) groups is 2. The van der Waals surface area contributed by atoms with E-state index in [2.05, 4.69) is 0 Å². The van der Waals surface area contributed by atoms with Crippen LogP contribution in [0.25, 0.3) is 6.08 Å². The summed E-state index contributed by atoms with van der Waals surface area (Å²) in [7, 11) is 2.80. The lowest BCUT2D eigenvalue weighted by Crippen LogP contribution is -2.21. The van der Waals surface area contributed by atoms with Crippen molar-refractivity contribution in [1.29, 1.82) is 0 Å². The van der Waals surface area contributed by atoms with Gasteiger partial charge in [0.05, 0.1) is 14.2 Å². The van der Waals surface area contributed by atoms with Crippen LogP contribution in [0.5, 0.6) is 17.2 Å². The van der Waals surface area contributed by atoms with Crippen LogP contribution in [0, 0.1) is 0 Å². The van der Waals surface area contributed by atoms with E-state index in [1.165, 1.54) is 32.4 Å². The number of alkyl halides is 3. The van der Waals surface area contributed by atoms with E-state index >= 15 is 0 Å². The second-order valence-electron chi connectivity index (χ2n) is 3.75. The van der Waals surface area contributed by atoms with Crippen molar-refractivity contribution in [2.45, 2.75) is 6.18 Å². The summed E-state index contributed by atoms with van der Waals surface area (Å²) in [6.45, 7) is 0. The number of methoxy groups -OCH3 is 2. The number of carboxylic acid groups (broad SMARTS) is 2. The van der Waals surface area contributed by atoms with E-state index in [1.807, 2.05) is 0 Å². The Labute approximate surface area is 128 Å². The minimum absolute atomic E-state index is 0.113. The third kappa shape index (κ3) is 7.07. The molecular weight excluding hydrogens is 325 g/mol. The molecule has 128 valence electrons. The van der Waals surface area contributed by atoms with Gasteiger partial charge in [-0.25, -0.2) is 9.59 Å². The van der Waals surface area contributed by atoms with Crippen molar-refractivity contribution < 1.29 is 47.6 Å². The number of benzene rings is 1. The van der Waals surface area contributed by atoms with Gasteiger partial charge in [-0.05, 0) is 23.8 Å². The monoisotopic (exact) mass is 338 g/mol. The van der Waals surface area contributed by atoms with Crippen LogP contribution in [0.3, 0.4) is 0 Å². The molecule has 0 atom stereocenters. The SMILES string of the molecule is COc1cc(/C=C/C(=O)O)cc(OC)c1O.O=C(O)C(F)(F)F. The lowest BCUT2D eigenvalue weighted by Gasteiger charge is -2.09. The van der Waals surface area contributed by atoms with Crippen LogP contribution in [0.1, 0.15) is 5.56 Å². The molecule has 0 saturated carbocycles. The number of phenolic OH excluding ortho intramolecular Hbond substituents is 1. The Hall–Kier alpha value is -2.91. The maximum Gasteiger partial charge on any atom is 0.490 e. The number of hydrogen-bond donors (Lipinski definition) is 3. The molecule has 7 nitrogen and oxygen atoms in total. The van der Waals surface area contributed by atoms with Gasteiger partial charge in [0.1, 0.15) is 0 Å². The molecule has 1 rings (SSSR count). The number of rotatable bonds is 4. The molecule has 0 saturated heterocycles. The third-order valence-corrected chi connectivity index (χ3v) is 2.16. The predicted octanol–water partition coefficient (Wildman–Crippen LogP) is 2.14. The van der Waals surface area contributed by atoms with Gasteiger partial charge >= 0.3 is 18.1 Å². The molecule has 1 aromatic rings. The second-order valence-corrected chi connectivity index (χ2v) is 3.75. The highest BCUT2D eigenvalue weighted by Crippen LogP contribution is 2.37. The minimum atomic E-state index is -5.08. The Morgan fingerprint density at radius 1 is 1.09 bits per heavy atom. The minimum Gasteiger partial charge on any atom is -0.502 e. The highest BCUT2D eigenvalue weighted by atomic mass is 19.4. The number of aromatic hydroxyl groups is 1. The number of phenols is 1. The van der Waals surface area contributed by atoms with E-state index in [4.69, 9.17) is 24.5 Å². The van der Waals surface area contributed by atoms with Gasteiger partial charge in [-0.15, -0.1) is 0 Å². The molecule has 0 unspecified atom stereocenters. The van der Waals surface area contributed by atoms with Gasteiger partial charge in [-0.2, -0.15) is 13.2 Å². The zero-order chi connectivity index (χ0) is 18.2. The number of carboxylic acids is 2. The van der Waals surface area contributed by atoms with Crippen LogP contribution < -0.4 is 9.47 Å². The van der Waals surface area contributed by atoms with E-state index < -0.39 is 18.1 Å². The molecule has 0 aromatic heterocycles.